The van der Waals surface area contributed by atoms with Crippen LogP contribution in [-0.2, 0) is 12.4 Å². The van der Waals surface area contributed by atoms with E-state index in [-0.39, 0.29) is 0 Å². The van der Waals surface area contributed by atoms with Gasteiger partial charge >= 0.3 is 0 Å². The first-order chi connectivity index (χ1) is 11.8. The van der Waals surface area contributed by atoms with Crippen LogP contribution < -0.4 is 4.74 Å². The molecule has 0 radical (unpaired) electrons. The Balaban J connectivity index is 1.31. The fourth-order valence-corrected chi connectivity index (χ4v) is 4.05. The highest BCUT2D eigenvalue weighted by Gasteiger charge is 2.26. The summed E-state index contributed by atoms with van der Waals surface area (Å²) in [5, 5.41) is 12.9. The van der Waals surface area contributed by atoms with Gasteiger partial charge in [0.2, 0.25) is 0 Å². The van der Waals surface area contributed by atoms with Crippen LogP contribution in [0.25, 0.3) is 0 Å². The second kappa shape index (κ2) is 7.13. The lowest BCUT2D eigenvalue weighted by Crippen LogP contribution is -1.96. The number of aromatic nitrogens is 4. The zero-order valence-electron chi connectivity index (χ0n) is 12.8. The van der Waals surface area contributed by atoms with Crippen LogP contribution in [0.4, 0.5) is 0 Å². The predicted octanol–water partition coefficient (Wildman–Crippen LogP) is 4.59. The molecule has 1 saturated carbocycles. The first kappa shape index (κ1) is 15.9. The third-order valence-electron chi connectivity index (χ3n) is 3.60. The molecule has 0 saturated heterocycles. The van der Waals surface area contributed by atoms with Crippen LogP contribution in [0.2, 0.25) is 5.02 Å². The van der Waals surface area contributed by atoms with Crippen molar-refractivity contribution in [3.05, 3.63) is 51.7 Å². The SMILES string of the molecule is Clc1ccc(OCc2nc(CSc3nncn3C3CC3)cs2)cc1. The summed E-state index contributed by atoms with van der Waals surface area (Å²) in [5.41, 5.74) is 1.05. The molecule has 0 aliphatic heterocycles. The van der Waals surface area contributed by atoms with Crippen molar-refractivity contribution in [2.75, 3.05) is 0 Å². The monoisotopic (exact) mass is 378 g/mol. The highest BCUT2D eigenvalue weighted by atomic mass is 35.5. The molecule has 0 bridgehead atoms. The number of thioether (sulfide) groups is 1. The molecule has 1 fully saturated rings. The van der Waals surface area contributed by atoms with Crippen LogP contribution in [0.15, 0.2) is 41.1 Å². The average molecular weight is 379 g/mol. The maximum Gasteiger partial charge on any atom is 0.191 e. The summed E-state index contributed by atoms with van der Waals surface area (Å²) >= 11 is 9.16. The van der Waals surface area contributed by atoms with E-state index in [1.807, 2.05) is 30.6 Å². The number of ether oxygens (including phenoxy) is 1. The molecular weight excluding hydrogens is 364 g/mol. The van der Waals surface area contributed by atoms with Gasteiger partial charge in [-0.1, -0.05) is 23.4 Å². The number of nitrogens with zero attached hydrogens (tertiary/aromatic N) is 4. The van der Waals surface area contributed by atoms with Gasteiger partial charge in [-0.15, -0.1) is 21.5 Å². The minimum absolute atomic E-state index is 0.467. The highest BCUT2D eigenvalue weighted by molar-refractivity contribution is 7.98. The first-order valence-corrected chi connectivity index (χ1v) is 9.86. The van der Waals surface area contributed by atoms with Crippen LogP contribution in [0.1, 0.15) is 29.6 Å². The molecule has 0 unspecified atom stereocenters. The number of hydrogen-bond donors (Lipinski definition) is 0. The van der Waals surface area contributed by atoms with Crippen LogP contribution >= 0.6 is 34.7 Å². The molecule has 1 aromatic carbocycles. The molecule has 4 rings (SSSR count). The van der Waals surface area contributed by atoms with E-state index in [0.717, 1.165) is 27.4 Å². The summed E-state index contributed by atoms with van der Waals surface area (Å²) in [6.07, 6.45) is 4.29. The van der Waals surface area contributed by atoms with E-state index in [1.54, 1.807) is 23.1 Å². The lowest BCUT2D eigenvalue weighted by Gasteiger charge is -2.03. The van der Waals surface area contributed by atoms with Gasteiger partial charge in [0.1, 0.15) is 23.7 Å². The van der Waals surface area contributed by atoms with Gasteiger partial charge < -0.3 is 9.30 Å². The van der Waals surface area contributed by atoms with Gasteiger partial charge in [0.05, 0.1) is 5.69 Å². The minimum atomic E-state index is 0.467. The van der Waals surface area contributed by atoms with Crippen molar-refractivity contribution in [2.45, 2.75) is 36.4 Å². The second-order valence-electron chi connectivity index (χ2n) is 5.52. The first-order valence-electron chi connectivity index (χ1n) is 7.62. The summed E-state index contributed by atoms with van der Waals surface area (Å²) in [6.45, 7) is 0.467. The van der Waals surface area contributed by atoms with E-state index in [0.29, 0.717) is 17.7 Å². The molecule has 0 N–H and O–H groups in total. The Bertz CT molecular complexity index is 814. The van der Waals surface area contributed by atoms with E-state index in [4.69, 9.17) is 16.3 Å². The van der Waals surface area contributed by atoms with E-state index in [2.05, 4.69) is 25.1 Å². The fraction of sp³-hybridized carbons (Fsp3) is 0.312. The summed E-state index contributed by atoms with van der Waals surface area (Å²) in [5.74, 6) is 1.59. The van der Waals surface area contributed by atoms with Crippen molar-refractivity contribution in [3.63, 3.8) is 0 Å². The predicted molar refractivity (Wildman–Crippen MR) is 95.8 cm³/mol. The summed E-state index contributed by atoms with van der Waals surface area (Å²) in [4.78, 5) is 4.62. The maximum atomic E-state index is 5.86. The summed E-state index contributed by atoms with van der Waals surface area (Å²) in [7, 11) is 0. The molecule has 5 nitrogen and oxygen atoms in total. The van der Waals surface area contributed by atoms with Crippen LogP contribution in [-0.4, -0.2) is 19.7 Å². The van der Waals surface area contributed by atoms with Gasteiger partial charge in [0, 0.05) is 22.2 Å². The third kappa shape index (κ3) is 3.91. The van der Waals surface area contributed by atoms with Crippen molar-refractivity contribution in [2.24, 2.45) is 0 Å². The second-order valence-corrected chi connectivity index (χ2v) is 7.84. The Labute approximate surface area is 153 Å². The highest BCUT2D eigenvalue weighted by Crippen LogP contribution is 2.37. The Kier molecular flexibility index (Phi) is 4.73. The van der Waals surface area contributed by atoms with Crippen molar-refractivity contribution >= 4 is 34.7 Å². The number of hydrogen-bond acceptors (Lipinski definition) is 6. The molecule has 1 aliphatic rings. The molecule has 0 amide bonds. The Morgan fingerprint density at radius 1 is 1.29 bits per heavy atom. The van der Waals surface area contributed by atoms with Gasteiger partial charge in [0.15, 0.2) is 5.16 Å². The Morgan fingerprint density at radius 2 is 2.12 bits per heavy atom. The molecule has 2 heterocycles. The number of rotatable bonds is 7. The zero-order valence-corrected chi connectivity index (χ0v) is 15.2. The van der Waals surface area contributed by atoms with E-state index >= 15 is 0 Å². The molecule has 3 aromatic rings. The Hall–Kier alpha value is -1.57. The van der Waals surface area contributed by atoms with E-state index < -0.39 is 0 Å². The van der Waals surface area contributed by atoms with E-state index in [1.165, 1.54) is 12.8 Å². The number of halogens is 1. The molecule has 8 heteroatoms. The van der Waals surface area contributed by atoms with Crippen molar-refractivity contribution < 1.29 is 4.74 Å². The molecule has 2 aromatic heterocycles. The molecule has 1 aliphatic carbocycles. The van der Waals surface area contributed by atoms with Crippen LogP contribution in [0.3, 0.4) is 0 Å². The number of thiazole rings is 1. The zero-order chi connectivity index (χ0) is 16.4. The lowest BCUT2D eigenvalue weighted by atomic mass is 10.3. The molecule has 0 atom stereocenters. The maximum absolute atomic E-state index is 5.86. The quantitative estimate of drug-likeness (QED) is 0.562. The van der Waals surface area contributed by atoms with Gasteiger partial charge in [-0.05, 0) is 37.1 Å². The molecule has 124 valence electrons. The van der Waals surface area contributed by atoms with Gasteiger partial charge in [-0.25, -0.2) is 4.98 Å². The van der Waals surface area contributed by atoms with Crippen molar-refractivity contribution in [1.82, 2.24) is 19.7 Å². The fourth-order valence-electron chi connectivity index (χ4n) is 2.23. The van der Waals surface area contributed by atoms with Crippen LogP contribution in [0, 0.1) is 0 Å². The smallest absolute Gasteiger partial charge is 0.191 e. The van der Waals surface area contributed by atoms with Crippen LogP contribution in [0.5, 0.6) is 5.75 Å². The Morgan fingerprint density at radius 3 is 2.92 bits per heavy atom. The molecule has 24 heavy (non-hydrogen) atoms. The lowest BCUT2D eigenvalue weighted by molar-refractivity contribution is 0.305. The largest absolute Gasteiger partial charge is 0.486 e. The molecular formula is C16H15ClN4OS2. The van der Waals surface area contributed by atoms with Crippen molar-refractivity contribution in [3.8, 4) is 5.75 Å². The topological polar surface area (TPSA) is 52.8 Å². The minimum Gasteiger partial charge on any atom is -0.486 e. The third-order valence-corrected chi connectivity index (χ3v) is 5.72. The number of benzene rings is 1. The van der Waals surface area contributed by atoms with E-state index in [9.17, 15) is 0 Å². The summed E-state index contributed by atoms with van der Waals surface area (Å²) in [6, 6.07) is 7.95. The van der Waals surface area contributed by atoms with Gasteiger partial charge in [0.25, 0.3) is 0 Å². The van der Waals surface area contributed by atoms with Gasteiger partial charge in [-0.2, -0.15) is 0 Å². The van der Waals surface area contributed by atoms with Crippen molar-refractivity contribution in [1.29, 1.82) is 0 Å². The van der Waals surface area contributed by atoms with Gasteiger partial charge in [-0.3, -0.25) is 0 Å². The summed E-state index contributed by atoms with van der Waals surface area (Å²) < 4.78 is 7.89. The average Bonchev–Trinajstić information content (AvgIpc) is 3.16. The molecule has 0 spiro atoms. The standard InChI is InChI=1S/C16H15ClN4OS2/c17-11-1-5-14(6-2-11)22-7-15-19-12(8-23-15)9-24-16-20-18-10-21(16)13-3-4-13/h1-2,5-6,8,10,13H,3-4,7,9H2. The normalized spacial score (nSPS) is 14.0.